The normalized spacial score (nSPS) is 12.8. The van der Waals surface area contributed by atoms with Crippen molar-refractivity contribution in [3.05, 3.63) is 66.7 Å². The predicted molar refractivity (Wildman–Crippen MR) is 112 cm³/mol. The van der Waals surface area contributed by atoms with Crippen molar-refractivity contribution in [2.24, 2.45) is 0 Å². The van der Waals surface area contributed by atoms with Crippen molar-refractivity contribution < 1.29 is 14.3 Å². The molecule has 3 aromatic rings. The first kappa shape index (κ1) is 18.8. The van der Waals surface area contributed by atoms with E-state index >= 15 is 0 Å². The number of para-hydroxylation sites is 1. The van der Waals surface area contributed by atoms with Crippen molar-refractivity contribution in [1.29, 1.82) is 0 Å². The molecule has 0 fully saturated rings. The molecule has 4 rings (SSSR count). The topological polar surface area (TPSA) is 97.5 Å². The number of nitrogens with zero attached hydrogens (tertiary/aromatic N) is 2. The van der Waals surface area contributed by atoms with Crippen LogP contribution in [0.4, 0.5) is 17.3 Å². The van der Waals surface area contributed by atoms with Crippen LogP contribution >= 0.6 is 11.8 Å². The number of hydrogen-bond donors (Lipinski definition) is 2. The van der Waals surface area contributed by atoms with Gasteiger partial charge in [-0.3, -0.25) is 14.5 Å². The van der Waals surface area contributed by atoms with Crippen molar-refractivity contribution in [3.8, 4) is 5.75 Å². The number of fused-ring (bicyclic) bond motifs is 1. The molecule has 8 heteroatoms. The molecular weight excluding hydrogens is 388 g/mol. The molecule has 0 unspecified atom stereocenters. The molecule has 1 aliphatic rings. The summed E-state index contributed by atoms with van der Waals surface area (Å²) in [5.74, 6) is 0.237. The second-order valence-electron chi connectivity index (χ2n) is 6.29. The Hall–Kier alpha value is -3.52. The number of amides is 2. The molecular formula is C21H18N4O3S. The largest absolute Gasteiger partial charge is 0.480 e. The van der Waals surface area contributed by atoms with Crippen LogP contribution in [0.5, 0.6) is 5.75 Å². The fourth-order valence-corrected chi connectivity index (χ4v) is 3.79. The summed E-state index contributed by atoms with van der Waals surface area (Å²) in [5, 5.41) is 2.89. The molecule has 1 aromatic heterocycles. The Morgan fingerprint density at radius 1 is 1.10 bits per heavy atom. The number of hydrogen-bond acceptors (Lipinski definition) is 6. The standard InChI is InChI=1S/C21H18N4O3S/c22-18-11-10-16-21(24-18)25(20(27)13-28-16)12-19(26)23-15-8-4-5-9-17(15)29-14-6-2-1-3-7-14/h1-11H,12-13H2,(H2,22,24)(H,23,26). The van der Waals surface area contributed by atoms with E-state index in [-0.39, 0.29) is 36.6 Å². The van der Waals surface area contributed by atoms with E-state index in [0.717, 1.165) is 9.79 Å². The van der Waals surface area contributed by atoms with Crippen molar-refractivity contribution in [2.75, 3.05) is 29.1 Å². The number of anilines is 3. The molecule has 0 atom stereocenters. The summed E-state index contributed by atoms with van der Waals surface area (Å²) in [6.07, 6.45) is 0. The third-order valence-corrected chi connectivity index (χ3v) is 5.29. The molecule has 1 aliphatic heterocycles. The first-order valence-electron chi connectivity index (χ1n) is 8.91. The van der Waals surface area contributed by atoms with E-state index in [1.165, 1.54) is 4.90 Å². The van der Waals surface area contributed by atoms with Gasteiger partial charge in [-0.2, -0.15) is 0 Å². The van der Waals surface area contributed by atoms with E-state index in [1.807, 2.05) is 54.6 Å². The van der Waals surface area contributed by atoms with Crippen LogP contribution in [0.1, 0.15) is 0 Å². The maximum Gasteiger partial charge on any atom is 0.266 e. The predicted octanol–water partition coefficient (Wildman–Crippen LogP) is 3.18. The van der Waals surface area contributed by atoms with E-state index in [4.69, 9.17) is 10.5 Å². The number of aromatic nitrogens is 1. The molecule has 7 nitrogen and oxygen atoms in total. The fraction of sp³-hybridized carbons (Fsp3) is 0.0952. The van der Waals surface area contributed by atoms with Crippen LogP contribution in [0.3, 0.4) is 0 Å². The van der Waals surface area contributed by atoms with Crippen LogP contribution in [-0.4, -0.2) is 29.9 Å². The first-order chi connectivity index (χ1) is 14.1. The number of pyridine rings is 1. The Balaban J connectivity index is 1.51. The van der Waals surface area contributed by atoms with Gasteiger partial charge in [0.2, 0.25) is 5.91 Å². The van der Waals surface area contributed by atoms with E-state index in [9.17, 15) is 9.59 Å². The highest BCUT2D eigenvalue weighted by atomic mass is 32.2. The summed E-state index contributed by atoms with van der Waals surface area (Å²) in [6.45, 7) is -0.331. The average molecular weight is 406 g/mol. The van der Waals surface area contributed by atoms with E-state index in [2.05, 4.69) is 10.3 Å². The molecule has 146 valence electrons. The molecule has 2 heterocycles. The van der Waals surface area contributed by atoms with Gasteiger partial charge in [0.25, 0.3) is 5.91 Å². The summed E-state index contributed by atoms with van der Waals surface area (Å²) in [5.41, 5.74) is 6.40. The van der Waals surface area contributed by atoms with Crippen molar-refractivity contribution in [2.45, 2.75) is 9.79 Å². The van der Waals surface area contributed by atoms with Crippen molar-refractivity contribution in [3.63, 3.8) is 0 Å². The van der Waals surface area contributed by atoms with Crippen molar-refractivity contribution >= 4 is 40.9 Å². The number of ether oxygens (including phenoxy) is 1. The SMILES string of the molecule is Nc1ccc2c(n1)N(CC(=O)Nc1ccccc1Sc1ccccc1)C(=O)CO2. The Labute approximate surface area is 171 Å². The number of nitrogens with one attached hydrogen (secondary N) is 1. The molecule has 2 amide bonds. The van der Waals surface area contributed by atoms with Crippen LogP contribution in [0.15, 0.2) is 76.5 Å². The minimum Gasteiger partial charge on any atom is -0.480 e. The van der Waals surface area contributed by atoms with Crippen LogP contribution in [0.2, 0.25) is 0 Å². The van der Waals surface area contributed by atoms with Gasteiger partial charge in [0.05, 0.1) is 5.69 Å². The maximum atomic E-state index is 12.7. The number of benzene rings is 2. The zero-order chi connectivity index (χ0) is 20.2. The highest BCUT2D eigenvalue weighted by Crippen LogP contribution is 2.34. The number of nitrogen functional groups attached to an aromatic ring is 1. The fourth-order valence-electron chi connectivity index (χ4n) is 2.86. The Morgan fingerprint density at radius 3 is 2.69 bits per heavy atom. The summed E-state index contributed by atoms with van der Waals surface area (Å²) < 4.78 is 5.36. The van der Waals surface area contributed by atoms with Gasteiger partial charge in [0, 0.05) is 9.79 Å². The number of nitrogens with two attached hydrogens (primary N) is 1. The minimum absolute atomic E-state index is 0.147. The van der Waals surface area contributed by atoms with Gasteiger partial charge in [0.15, 0.2) is 18.2 Å². The Kier molecular flexibility index (Phi) is 5.35. The lowest BCUT2D eigenvalue weighted by Crippen LogP contribution is -2.44. The third-order valence-electron chi connectivity index (χ3n) is 4.20. The Bertz CT molecular complexity index is 1060. The maximum absolute atomic E-state index is 12.7. The van der Waals surface area contributed by atoms with Gasteiger partial charge in [-0.15, -0.1) is 0 Å². The van der Waals surface area contributed by atoms with E-state index < -0.39 is 0 Å². The summed E-state index contributed by atoms with van der Waals surface area (Å²) in [6, 6.07) is 20.6. The monoisotopic (exact) mass is 406 g/mol. The van der Waals surface area contributed by atoms with Crippen LogP contribution in [0.25, 0.3) is 0 Å². The van der Waals surface area contributed by atoms with E-state index in [1.54, 1.807) is 23.9 Å². The second kappa shape index (κ2) is 8.24. The second-order valence-corrected chi connectivity index (χ2v) is 7.40. The lowest BCUT2D eigenvalue weighted by Gasteiger charge is -2.27. The van der Waals surface area contributed by atoms with Gasteiger partial charge in [-0.25, -0.2) is 4.98 Å². The zero-order valence-corrected chi connectivity index (χ0v) is 16.2. The number of carbonyl (C=O) groups excluding carboxylic acids is 2. The quantitative estimate of drug-likeness (QED) is 0.675. The lowest BCUT2D eigenvalue weighted by atomic mass is 10.3. The first-order valence-corrected chi connectivity index (χ1v) is 9.73. The molecule has 0 aliphatic carbocycles. The molecule has 2 aromatic carbocycles. The summed E-state index contributed by atoms with van der Waals surface area (Å²) >= 11 is 1.55. The molecule has 0 spiro atoms. The highest BCUT2D eigenvalue weighted by Gasteiger charge is 2.29. The van der Waals surface area contributed by atoms with Gasteiger partial charge in [-0.05, 0) is 36.4 Å². The summed E-state index contributed by atoms with van der Waals surface area (Å²) in [7, 11) is 0. The van der Waals surface area contributed by atoms with Crippen LogP contribution < -0.4 is 20.7 Å². The van der Waals surface area contributed by atoms with E-state index in [0.29, 0.717) is 11.4 Å². The van der Waals surface area contributed by atoms with Crippen molar-refractivity contribution in [1.82, 2.24) is 4.98 Å². The minimum atomic E-state index is -0.349. The van der Waals surface area contributed by atoms with Gasteiger partial charge in [0.1, 0.15) is 12.4 Å². The molecule has 3 N–H and O–H groups in total. The van der Waals surface area contributed by atoms with Crippen LogP contribution in [-0.2, 0) is 9.59 Å². The zero-order valence-electron chi connectivity index (χ0n) is 15.4. The molecule has 29 heavy (non-hydrogen) atoms. The lowest BCUT2D eigenvalue weighted by molar-refractivity contribution is -0.123. The number of carbonyl (C=O) groups is 2. The Morgan fingerprint density at radius 2 is 1.86 bits per heavy atom. The average Bonchev–Trinajstić information content (AvgIpc) is 2.72. The molecule has 0 saturated heterocycles. The van der Waals surface area contributed by atoms with Gasteiger partial charge in [-0.1, -0.05) is 42.1 Å². The van der Waals surface area contributed by atoms with Gasteiger partial charge < -0.3 is 15.8 Å². The van der Waals surface area contributed by atoms with Crippen LogP contribution in [0, 0.1) is 0 Å². The molecule has 0 bridgehead atoms. The summed E-state index contributed by atoms with van der Waals surface area (Å²) in [4.78, 5) is 32.4. The third kappa shape index (κ3) is 4.33. The molecule has 0 radical (unpaired) electrons. The number of rotatable bonds is 5. The highest BCUT2D eigenvalue weighted by molar-refractivity contribution is 7.99. The smallest absolute Gasteiger partial charge is 0.266 e. The van der Waals surface area contributed by atoms with Gasteiger partial charge >= 0.3 is 0 Å². The molecule has 0 saturated carbocycles.